The van der Waals surface area contributed by atoms with Crippen molar-refractivity contribution in [2.75, 3.05) is 33.0 Å². The van der Waals surface area contributed by atoms with E-state index in [1.54, 1.807) is 37.1 Å². The highest BCUT2D eigenvalue weighted by molar-refractivity contribution is 7.88. The monoisotopic (exact) mass is 408 g/mol. The lowest BCUT2D eigenvalue weighted by Crippen LogP contribution is -2.62. The minimum absolute atomic E-state index is 0.130. The van der Waals surface area contributed by atoms with Crippen molar-refractivity contribution in [1.82, 2.24) is 19.3 Å². The molecule has 1 fully saturated rings. The molecule has 0 unspecified atom stereocenters. The smallest absolute Gasteiger partial charge is 0.254 e. The Kier molecular flexibility index (Phi) is 5.71. The number of methoxy groups -OCH3 is 1. The first kappa shape index (κ1) is 20.3. The van der Waals surface area contributed by atoms with Gasteiger partial charge in [0.15, 0.2) is 5.82 Å². The molecule has 2 heterocycles. The van der Waals surface area contributed by atoms with Gasteiger partial charge in [-0.25, -0.2) is 8.42 Å². The second-order valence-corrected chi connectivity index (χ2v) is 8.79. The van der Waals surface area contributed by atoms with Gasteiger partial charge in [-0.2, -0.15) is 9.29 Å². The molecule has 1 aromatic heterocycles. The number of ether oxygens (including phenoxy) is 1. The van der Waals surface area contributed by atoms with Crippen LogP contribution in [-0.4, -0.2) is 72.7 Å². The topological polar surface area (TPSA) is 106 Å². The van der Waals surface area contributed by atoms with Crippen LogP contribution >= 0.6 is 0 Å². The first-order valence-corrected chi connectivity index (χ1v) is 10.7. The maximum atomic E-state index is 12.8. The molecule has 152 valence electrons. The minimum Gasteiger partial charge on any atom is -0.496 e. The number of hydrogen-bond donors (Lipinski definition) is 0. The molecule has 0 bridgehead atoms. The molecule has 0 atom stereocenters. The Labute approximate surface area is 164 Å². The average Bonchev–Trinajstić information content (AvgIpc) is 3.00. The van der Waals surface area contributed by atoms with Crippen molar-refractivity contribution in [3.8, 4) is 5.75 Å². The molecule has 0 aliphatic carbocycles. The van der Waals surface area contributed by atoms with Gasteiger partial charge in [-0.1, -0.05) is 11.2 Å². The van der Waals surface area contributed by atoms with E-state index in [1.165, 1.54) is 10.6 Å². The molecule has 2 aromatic rings. The van der Waals surface area contributed by atoms with Crippen LogP contribution in [0.2, 0.25) is 0 Å². The fourth-order valence-corrected chi connectivity index (χ4v) is 4.41. The van der Waals surface area contributed by atoms with Crippen LogP contribution in [0.25, 0.3) is 0 Å². The second-order valence-electron chi connectivity index (χ2n) is 6.85. The highest BCUT2D eigenvalue weighted by Gasteiger charge is 2.39. The Morgan fingerprint density at radius 2 is 2.07 bits per heavy atom. The first-order valence-electron chi connectivity index (χ1n) is 8.89. The van der Waals surface area contributed by atoms with E-state index < -0.39 is 10.0 Å². The van der Waals surface area contributed by atoms with Gasteiger partial charge in [0.25, 0.3) is 5.91 Å². The van der Waals surface area contributed by atoms with Crippen molar-refractivity contribution in [2.24, 2.45) is 0 Å². The van der Waals surface area contributed by atoms with E-state index in [2.05, 4.69) is 10.1 Å². The molecule has 3 rings (SSSR count). The van der Waals surface area contributed by atoms with Crippen LogP contribution in [0.1, 0.15) is 27.6 Å². The molecule has 10 heteroatoms. The molecular weight excluding hydrogens is 384 g/mol. The van der Waals surface area contributed by atoms with E-state index in [0.29, 0.717) is 42.5 Å². The van der Waals surface area contributed by atoms with Gasteiger partial charge < -0.3 is 14.2 Å². The number of sulfonamides is 1. The lowest BCUT2D eigenvalue weighted by molar-refractivity contribution is 0.0453. The van der Waals surface area contributed by atoms with Crippen molar-refractivity contribution in [3.63, 3.8) is 0 Å². The van der Waals surface area contributed by atoms with Gasteiger partial charge in [-0.05, 0) is 19.1 Å². The molecule has 9 nitrogen and oxygen atoms in total. The predicted molar refractivity (Wildman–Crippen MR) is 102 cm³/mol. The molecule has 1 aliphatic rings. The van der Waals surface area contributed by atoms with E-state index in [-0.39, 0.29) is 18.5 Å². The van der Waals surface area contributed by atoms with E-state index in [0.717, 1.165) is 5.56 Å². The van der Waals surface area contributed by atoms with E-state index in [9.17, 15) is 13.2 Å². The van der Waals surface area contributed by atoms with Gasteiger partial charge >= 0.3 is 0 Å². The fourth-order valence-electron chi connectivity index (χ4n) is 3.31. The normalized spacial score (nSPS) is 15.0. The maximum absolute atomic E-state index is 12.8. The summed E-state index contributed by atoms with van der Waals surface area (Å²) in [6, 6.07) is 5.06. The van der Waals surface area contributed by atoms with Gasteiger partial charge in [-0.3, -0.25) is 4.79 Å². The molecule has 1 aromatic carbocycles. The van der Waals surface area contributed by atoms with Gasteiger partial charge in [0.2, 0.25) is 15.9 Å². The van der Waals surface area contributed by atoms with Crippen LogP contribution in [-0.2, 0) is 16.4 Å². The SMILES string of the molecule is COc1cccc(C(=O)N2CC(N(CCc3noc(C)n3)S(C)(=O)=O)C2)c1C. The van der Waals surface area contributed by atoms with E-state index >= 15 is 0 Å². The number of rotatable bonds is 7. The Morgan fingerprint density at radius 1 is 1.36 bits per heavy atom. The summed E-state index contributed by atoms with van der Waals surface area (Å²) in [6.07, 6.45) is 1.52. The van der Waals surface area contributed by atoms with Crippen LogP contribution < -0.4 is 4.74 Å². The van der Waals surface area contributed by atoms with E-state index in [1.807, 2.05) is 6.92 Å². The summed E-state index contributed by atoms with van der Waals surface area (Å²) in [6.45, 7) is 4.43. The Morgan fingerprint density at radius 3 is 2.64 bits per heavy atom. The van der Waals surface area contributed by atoms with Gasteiger partial charge in [0.05, 0.1) is 19.4 Å². The quantitative estimate of drug-likeness (QED) is 0.673. The van der Waals surface area contributed by atoms with Crippen LogP contribution in [0.5, 0.6) is 5.75 Å². The summed E-state index contributed by atoms with van der Waals surface area (Å²) >= 11 is 0. The summed E-state index contributed by atoms with van der Waals surface area (Å²) in [4.78, 5) is 18.5. The average molecular weight is 408 g/mol. The summed E-state index contributed by atoms with van der Waals surface area (Å²) in [5.74, 6) is 1.42. The zero-order chi connectivity index (χ0) is 20.5. The van der Waals surface area contributed by atoms with Crippen molar-refractivity contribution < 1.29 is 22.5 Å². The van der Waals surface area contributed by atoms with Crippen LogP contribution in [0.4, 0.5) is 0 Å². The molecule has 1 amide bonds. The van der Waals surface area contributed by atoms with Crippen LogP contribution in [0, 0.1) is 13.8 Å². The van der Waals surface area contributed by atoms with E-state index in [4.69, 9.17) is 9.26 Å². The first-order chi connectivity index (χ1) is 13.2. The number of likely N-dealkylation sites (tertiary alicyclic amines) is 1. The number of nitrogens with zero attached hydrogens (tertiary/aromatic N) is 4. The summed E-state index contributed by atoms with van der Waals surface area (Å²) < 4.78 is 36.0. The number of carbonyl (C=O) groups excluding carboxylic acids is 1. The highest BCUT2D eigenvalue weighted by atomic mass is 32.2. The maximum Gasteiger partial charge on any atom is 0.254 e. The van der Waals surface area contributed by atoms with Crippen molar-refractivity contribution in [1.29, 1.82) is 0 Å². The molecule has 0 N–H and O–H groups in total. The zero-order valence-corrected chi connectivity index (χ0v) is 17.2. The second kappa shape index (κ2) is 7.88. The third-order valence-electron chi connectivity index (χ3n) is 4.84. The van der Waals surface area contributed by atoms with Crippen molar-refractivity contribution >= 4 is 15.9 Å². The molecule has 0 saturated carbocycles. The standard InChI is InChI=1S/C18H24N4O5S/c1-12-15(6-5-7-16(12)26-3)18(23)21-10-14(11-21)22(28(4,24)25)9-8-17-19-13(2)27-20-17/h5-7,14H,8-11H2,1-4H3. The number of amides is 1. The number of aromatic nitrogens is 2. The number of benzene rings is 1. The Hall–Kier alpha value is -2.46. The summed E-state index contributed by atoms with van der Waals surface area (Å²) in [7, 11) is -1.87. The third kappa shape index (κ3) is 4.17. The number of carbonyl (C=O) groups is 1. The molecule has 1 aliphatic heterocycles. The van der Waals surface area contributed by atoms with Crippen molar-refractivity contribution in [3.05, 3.63) is 41.0 Å². The lowest BCUT2D eigenvalue weighted by Gasteiger charge is -2.44. The summed E-state index contributed by atoms with van der Waals surface area (Å²) in [5, 5.41) is 3.80. The zero-order valence-electron chi connectivity index (χ0n) is 16.4. The van der Waals surface area contributed by atoms with Crippen LogP contribution in [0.3, 0.4) is 0 Å². The largest absolute Gasteiger partial charge is 0.496 e. The van der Waals surface area contributed by atoms with Gasteiger partial charge in [0, 0.05) is 44.1 Å². The summed E-state index contributed by atoms with van der Waals surface area (Å²) in [5.41, 5.74) is 1.33. The van der Waals surface area contributed by atoms with Gasteiger partial charge in [0.1, 0.15) is 5.75 Å². The van der Waals surface area contributed by atoms with Gasteiger partial charge in [-0.15, -0.1) is 0 Å². The Balaban J connectivity index is 1.66. The predicted octanol–water partition coefficient (Wildman–Crippen LogP) is 1.02. The third-order valence-corrected chi connectivity index (χ3v) is 6.18. The minimum atomic E-state index is -3.43. The van der Waals surface area contributed by atoms with Crippen molar-refractivity contribution in [2.45, 2.75) is 26.3 Å². The number of hydrogen-bond acceptors (Lipinski definition) is 7. The molecule has 0 spiro atoms. The van der Waals surface area contributed by atoms with Crippen LogP contribution in [0.15, 0.2) is 22.7 Å². The highest BCUT2D eigenvalue weighted by Crippen LogP contribution is 2.25. The molecular formula is C18H24N4O5S. The fraction of sp³-hybridized carbons (Fsp3) is 0.500. The molecule has 1 saturated heterocycles. The Bertz CT molecular complexity index is 966. The molecule has 0 radical (unpaired) electrons. The lowest BCUT2D eigenvalue weighted by atomic mass is 10.0. The molecule has 28 heavy (non-hydrogen) atoms. The number of aryl methyl sites for hydroxylation is 1.